The van der Waals surface area contributed by atoms with Gasteiger partial charge in [0.2, 0.25) is 10.0 Å². The largest absolute Gasteiger partial charge is 0.334 e. The van der Waals surface area contributed by atoms with Gasteiger partial charge < -0.3 is 4.90 Å². The van der Waals surface area contributed by atoms with Crippen LogP contribution in [0.4, 0.5) is 0 Å². The molecule has 1 aliphatic rings. The van der Waals surface area contributed by atoms with Crippen molar-refractivity contribution in [2.45, 2.75) is 31.7 Å². The number of amides is 1. The third kappa shape index (κ3) is 3.50. The Balaban J connectivity index is 1.77. The molecule has 1 saturated heterocycles. The van der Waals surface area contributed by atoms with Gasteiger partial charge in [0.15, 0.2) is 0 Å². The summed E-state index contributed by atoms with van der Waals surface area (Å²) in [5, 5.41) is 0. The Morgan fingerprint density at radius 1 is 1.12 bits per heavy atom. The Morgan fingerprint density at radius 2 is 1.81 bits per heavy atom. The SMILES string of the molecule is Cc1ccc(S(=O)(=O)N2CCN(C(=O)c3ncccc3C)C[C@@H]2C)cc1. The van der Waals surface area contributed by atoms with E-state index in [9.17, 15) is 13.2 Å². The molecule has 0 saturated carbocycles. The Labute approximate surface area is 154 Å². The zero-order valence-corrected chi connectivity index (χ0v) is 16.0. The molecule has 3 rings (SSSR count). The normalized spacial score (nSPS) is 18.7. The highest BCUT2D eigenvalue weighted by molar-refractivity contribution is 7.89. The lowest BCUT2D eigenvalue weighted by Crippen LogP contribution is -2.55. The summed E-state index contributed by atoms with van der Waals surface area (Å²) in [5.74, 6) is -0.151. The number of sulfonamides is 1. The van der Waals surface area contributed by atoms with Crippen molar-refractivity contribution in [1.82, 2.24) is 14.2 Å². The molecule has 1 aromatic heterocycles. The summed E-state index contributed by atoms with van der Waals surface area (Å²) in [6.45, 7) is 6.57. The highest BCUT2D eigenvalue weighted by atomic mass is 32.2. The minimum absolute atomic E-state index is 0.151. The standard InChI is InChI=1S/C19H23N3O3S/c1-14-6-8-17(9-7-14)26(24,25)22-12-11-21(13-16(22)3)19(23)18-15(2)5-4-10-20-18/h4-10,16H,11-13H2,1-3H3/t16-/m0/s1. The van der Waals surface area contributed by atoms with Gasteiger partial charge in [0.05, 0.1) is 4.90 Å². The molecule has 0 spiro atoms. The molecule has 2 heterocycles. The molecule has 1 aliphatic heterocycles. The molecule has 138 valence electrons. The van der Waals surface area contributed by atoms with Crippen molar-refractivity contribution in [2.75, 3.05) is 19.6 Å². The van der Waals surface area contributed by atoms with Crippen molar-refractivity contribution in [1.29, 1.82) is 0 Å². The monoisotopic (exact) mass is 373 g/mol. The van der Waals surface area contributed by atoms with Crippen molar-refractivity contribution in [3.05, 3.63) is 59.4 Å². The highest BCUT2D eigenvalue weighted by Crippen LogP contribution is 2.22. The van der Waals surface area contributed by atoms with E-state index in [2.05, 4.69) is 4.98 Å². The molecule has 26 heavy (non-hydrogen) atoms. The number of piperazine rings is 1. The summed E-state index contributed by atoms with van der Waals surface area (Å²) in [7, 11) is -3.57. The van der Waals surface area contributed by atoms with Gasteiger partial charge in [-0.15, -0.1) is 0 Å². The minimum Gasteiger partial charge on any atom is -0.334 e. The summed E-state index contributed by atoms with van der Waals surface area (Å²) in [4.78, 5) is 18.9. The van der Waals surface area contributed by atoms with E-state index in [0.29, 0.717) is 18.8 Å². The second-order valence-corrected chi connectivity index (χ2v) is 8.59. The molecule has 2 aromatic rings. The number of pyridine rings is 1. The fourth-order valence-corrected chi connectivity index (χ4v) is 4.80. The lowest BCUT2D eigenvalue weighted by atomic mass is 10.1. The predicted octanol–water partition coefficient (Wildman–Crippen LogP) is 2.23. The van der Waals surface area contributed by atoms with Crippen LogP contribution in [0.15, 0.2) is 47.5 Å². The maximum Gasteiger partial charge on any atom is 0.272 e. The molecule has 0 unspecified atom stereocenters. The Kier molecular flexibility index (Phi) is 5.11. The second kappa shape index (κ2) is 7.17. The molecule has 1 fully saturated rings. The van der Waals surface area contributed by atoms with Crippen molar-refractivity contribution in [3.63, 3.8) is 0 Å². The summed E-state index contributed by atoms with van der Waals surface area (Å²) < 4.78 is 27.3. The fraction of sp³-hybridized carbons (Fsp3) is 0.368. The van der Waals surface area contributed by atoms with Crippen molar-refractivity contribution >= 4 is 15.9 Å². The molecule has 6 nitrogen and oxygen atoms in total. The summed E-state index contributed by atoms with van der Waals surface area (Å²) in [5.41, 5.74) is 2.26. The summed E-state index contributed by atoms with van der Waals surface area (Å²) in [6.07, 6.45) is 1.60. The molecule has 1 amide bonds. The van der Waals surface area contributed by atoms with Gasteiger partial charge in [0, 0.05) is 31.9 Å². The van der Waals surface area contributed by atoms with Crippen molar-refractivity contribution in [2.24, 2.45) is 0 Å². The van der Waals surface area contributed by atoms with Gasteiger partial charge in [-0.25, -0.2) is 8.42 Å². The van der Waals surface area contributed by atoms with Crippen LogP contribution in [-0.2, 0) is 10.0 Å². The van der Waals surface area contributed by atoms with Crippen LogP contribution in [0.25, 0.3) is 0 Å². The predicted molar refractivity (Wildman–Crippen MR) is 99.4 cm³/mol. The lowest BCUT2D eigenvalue weighted by molar-refractivity contribution is 0.0635. The second-order valence-electron chi connectivity index (χ2n) is 6.70. The quantitative estimate of drug-likeness (QED) is 0.827. The number of carbonyl (C=O) groups excluding carboxylic acids is 1. The topological polar surface area (TPSA) is 70.6 Å². The van der Waals surface area contributed by atoms with E-state index in [4.69, 9.17) is 0 Å². The molecular formula is C19H23N3O3S. The summed E-state index contributed by atoms with van der Waals surface area (Å²) in [6, 6.07) is 10.2. The maximum absolute atomic E-state index is 12.9. The van der Waals surface area contributed by atoms with Crippen LogP contribution >= 0.6 is 0 Å². The van der Waals surface area contributed by atoms with Gasteiger partial charge in [-0.1, -0.05) is 23.8 Å². The van der Waals surface area contributed by atoms with Crippen LogP contribution in [0.3, 0.4) is 0 Å². The number of hydrogen-bond acceptors (Lipinski definition) is 4. The average Bonchev–Trinajstić information content (AvgIpc) is 2.61. The van der Waals surface area contributed by atoms with Crippen LogP contribution in [0.1, 0.15) is 28.5 Å². The molecule has 0 aliphatic carbocycles. The Bertz CT molecular complexity index is 910. The van der Waals surface area contributed by atoms with Gasteiger partial charge in [0.1, 0.15) is 5.69 Å². The average molecular weight is 373 g/mol. The van der Waals surface area contributed by atoms with Crippen LogP contribution in [0.2, 0.25) is 0 Å². The smallest absolute Gasteiger partial charge is 0.272 e. The maximum atomic E-state index is 12.9. The van der Waals surface area contributed by atoms with Gasteiger partial charge in [-0.05, 0) is 44.5 Å². The number of aryl methyl sites for hydroxylation is 2. The molecule has 7 heteroatoms. The highest BCUT2D eigenvalue weighted by Gasteiger charge is 2.35. The van der Waals surface area contributed by atoms with E-state index < -0.39 is 10.0 Å². The van der Waals surface area contributed by atoms with Crippen molar-refractivity contribution in [3.8, 4) is 0 Å². The third-order valence-corrected chi connectivity index (χ3v) is 6.72. The van der Waals surface area contributed by atoms with Gasteiger partial charge in [-0.3, -0.25) is 9.78 Å². The van der Waals surface area contributed by atoms with Gasteiger partial charge in [-0.2, -0.15) is 4.31 Å². The van der Waals surface area contributed by atoms with E-state index >= 15 is 0 Å². The van der Waals surface area contributed by atoms with Crippen LogP contribution < -0.4 is 0 Å². The Hall–Kier alpha value is -2.25. The van der Waals surface area contributed by atoms with E-state index in [-0.39, 0.29) is 23.4 Å². The van der Waals surface area contributed by atoms with Gasteiger partial charge >= 0.3 is 0 Å². The zero-order chi connectivity index (χ0) is 18.9. The number of benzene rings is 1. The number of rotatable bonds is 3. The van der Waals surface area contributed by atoms with Crippen LogP contribution in [-0.4, -0.2) is 54.2 Å². The zero-order valence-electron chi connectivity index (χ0n) is 15.2. The van der Waals surface area contributed by atoms with E-state index in [0.717, 1.165) is 11.1 Å². The minimum atomic E-state index is -3.57. The van der Waals surface area contributed by atoms with Crippen LogP contribution in [0.5, 0.6) is 0 Å². The van der Waals surface area contributed by atoms with E-state index in [1.165, 1.54) is 4.31 Å². The number of carbonyl (C=O) groups is 1. The lowest BCUT2D eigenvalue weighted by Gasteiger charge is -2.38. The molecule has 0 radical (unpaired) electrons. The first-order valence-electron chi connectivity index (χ1n) is 8.60. The molecule has 0 N–H and O–H groups in total. The number of hydrogen-bond donors (Lipinski definition) is 0. The molecule has 1 aromatic carbocycles. The fourth-order valence-electron chi connectivity index (χ4n) is 3.19. The van der Waals surface area contributed by atoms with E-state index in [1.807, 2.05) is 26.8 Å². The first-order valence-corrected chi connectivity index (χ1v) is 10.0. The molecule has 0 bridgehead atoms. The van der Waals surface area contributed by atoms with Crippen LogP contribution in [0, 0.1) is 13.8 Å². The first kappa shape index (κ1) is 18.5. The van der Waals surface area contributed by atoms with Gasteiger partial charge in [0.25, 0.3) is 5.91 Å². The first-order chi connectivity index (χ1) is 12.3. The third-order valence-electron chi connectivity index (χ3n) is 4.69. The van der Waals surface area contributed by atoms with E-state index in [1.54, 1.807) is 41.4 Å². The van der Waals surface area contributed by atoms with Crippen molar-refractivity contribution < 1.29 is 13.2 Å². The molecule has 1 atom stereocenters. The molecular weight excluding hydrogens is 350 g/mol. The summed E-state index contributed by atoms with van der Waals surface area (Å²) >= 11 is 0. The Morgan fingerprint density at radius 3 is 2.42 bits per heavy atom. The number of nitrogens with zero attached hydrogens (tertiary/aromatic N) is 3. The number of aromatic nitrogens is 1.